The number of ether oxygens (including phenoxy) is 1. The van der Waals surface area contributed by atoms with Gasteiger partial charge in [-0.25, -0.2) is 4.98 Å². The fourth-order valence-electron chi connectivity index (χ4n) is 3.01. The summed E-state index contributed by atoms with van der Waals surface area (Å²) in [6, 6.07) is 9.55. The van der Waals surface area contributed by atoms with E-state index in [1.807, 2.05) is 31.2 Å². The first kappa shape index (κ1) is 17.5. The van der Waals surface area contributed by atoms with Gasteiger partial charge < -0.3 is 9.72 Å². The largest absolute Gasteiger partial charge is 0.494 e. The second-order valence-electron chi connectivity index (χ2n) is 6.37. The molecule has 25 heavy (non-hydrogen) atoms. The van der Waals surface area contributed by atoms with Crippen LogP contribution in [0.25, 0.3) is 22.0 Å². The molecule has 0 aliphatic carbocycles. The fourth-order valence-corrected chi connectivity index (χ4v) is 3.24. The zero-order valence-corrected chi connectivity index (χ0v) is 15.6. The quantitative estimate of drug-likeness (QED) is 0.709. The summed E-state index contributed by atoms with van der Waals surface area (Å²) < 4.78 is 5.61. The van der Waals surface area contributed by atoms with Crippen molar-refractivity contribution in [3.63, 3.8) is 0 Å². The first-order valence-electron chi connectivity index (χ1n) is 8.37. The van der Waals surface area contributed by atoms with Gasteiger partial charge in [0.2, 0.25) is 0 Å². The molecule has 4 nitrogen and oxygen atoms in total. The number of halogens is 1. The molecule has 2 aromatic carbocycles. The van der Waals surface area contributed by atoms with Gasteiger partial charge in [-0.2, -0.15) is 0 Å². The minimum absolute atomic E-state index is 0.133. The topological polar surface area (TPSA) is 55.0 Å². The van der Waals surface area contributed by atoms with Crippen LogP contribution in [0.5, 0.6) is 5.75 Å². The third-order valence-corrected chi connectivity index (χ3v) is 4.33. The lowest BCUT2D eigenvalue weighted by atomic mass is 9.91. The summed E-state index contributed by atoms with van der Waals surface area (Å²) in [5.41, 5.74) is 3.60. The van der Waals surface area contributed by atoms with Crippen molar-refractivity contribution in [1.29, 1.82) is 0 Å². The van der Waals surface area contributed by atoms with Crippen molar-refractivity contribution in [1.82, 2.24) is 9.97 Å². The molecule has 130 valence electrons. The Hall–Kier alpha value is -2.33. The summed E-state index contributed by atoms with van der Waals surface area (Å²) in [5, 5.41) is 1.18. The molecule has 0 saturated carbocycles. The molecule has 3 rings (SSSR count). The Bertz CT molecular complexity index is 993. The second kappa shape index (κ2) is 6.89. The number of nitrogens with zero attached hydrogens (tertiary/aromatic N) is 1. The van der Waals surface area contributed by atoms with Crippen LogP contribution in [0.1, 0.15) is 38.1 Å². The van der Waals surface area contributed by atoms with Gasteiger partial charge in [0.1, 0.15) is 11.6 Å². The average molecular weight is 357 g/mol. The van der Waals surface area contributed by atoms with E-state index < -0.39 is 0 Å². The van der Waals surface area contributed by atoms with Gasteiger partial charge in [0.25, 0.3) is 5.56 Å². The summed E-state index contributed by atoms with van der Waals surface area (Å²) in [5.74, 6) is 1.60. The number of benzene rings is 2. The molecule has 1 aromatic heterocycles. The van der Waals surface area contributed by atoms with Crippen LogP contribution in [0.3, 0.4) is 0 Å². The number of aryl methyl sites for hydroxylation is 1. The molecular weight excluding hydrogens is 336 g/mol. The molecule has 0 aliphatic heterocycles. The molecule has 0 aliphatic rings. The van der Waals surface area contributed by atoms with Crippen LogP contribution in [0, 0.1) is 6.92 Å². The Balaban J connectivity index is 2.31. The Kier molecular flexibility index (Phi) is 4.82. The van der Waals surface area contributed by atoms with Crippen molar-refractivity contribution in [3.05, 3.63) is 57.1 Å². The smallest absolute Gasteiger partial charge is 0.258 e. The van der Waals surface area contributed by atoms with Gasteiger partial charge in [-0.1, -0.05) is 25.4 Å². The molecule has 0 saturated heterocycles. The highest BCUT2D eigenvalue weighted by Gasteiger charge is 2.14. The highest BCUT2D eigenvalue weighted by molar-refractivity contribution is 6.31. The standard InChI is InChI=1S/C20H21ClN2O2/c1-5-25-15-7-13(6-14(21)8-15)17-9-18-19(10-16(17)11(2)3)22-12(4)23-20(18)24/h6-11H,5H2,1-4H3,(H,22,23,24). The summed E-state index contributed by atoms with van der Waals surface area (Å²) >= 11 is 6.28. The normalized spacial score (nSPS) is 11.3. The predicted molar refractivity (Wildman–Crippen MR) is 103 cm³/mol. The summed E-state index contributed by atoms with van der Waals surface area (Å²) in [6.45, 7) is 8.54. The molecular formula is C20H21ClN2O2. The van der Waals surface area contributed by atoms with E-state index in [1.165, 1.54) is 0 Å². The first-order valence-corrected chi connectivity index (χ1v) is 8.75. The highest BCUT2D eigenvalue weighted by atomic mass is 35.5. The zero-order valence-electron chi connectivity index (χ0n) is 14.8. The number of H-pyrrole nitrogens is 1. The highest BCUT2D eigenvalue weighted by Crippen LogP contribution is 2.35. The van der Waals surface area contributed by atoms with Crippen molar-refractivity contribution >= 4 is 22.5 Å². The average Bonchev–Trinajstić information content (AvgIpc) is 2.53. The summed E-state index contributed by atoms with van der Waals surface area (Å²) in [7, 11) is 0. The number of hydrogen-bond donors (Lipinski definition) is 1. The van der Waals surface area contributed by atoms with E-state index in [9.17, 15) is 4.79 Å². The molecule has 0 spiro atoms. The second-order valence-corrected chi connectivity index (χ2v) is 6.81. The summed E-state index contributed by atoms with van der Waals surface area (Å²) in [6.07, 6.45) is 0. The van der Waals surface area contributed by atoms with Gasteiger partial charge in [-0.15, -0.1) is 0 Å². The van der Waals surface area contributed by atoms with Gasteiger partial charge in [0.15, 0.2) is 0 Å². The van der Waals surface area contributed by atoms with E-state index in [2.05, 4.69) is 23.8 Å². The van der Waals surface area contributed by atoms with Gasteiger partial charge in [0.05, 0.1) is 17.5 Å². The zero-order chi connectivity index (χ0) is 18.1. The maximum absolute atomic E-state index is 12.4. The molecule has 0 amide bonds. The van der Waals surface area contributed by atoms with E-state index in [0.29, 0.717) is 28.4 Å². The minimum atomic E-state index is -0.133. The predicted octanol–water partition coefficient (Wildman–Crippen LogP) is 5.07. The Morgan fingerprint density at radius 2 is 1.96 bits per heavy atom. The van der Waals surface area contributed by atoms with Crippen LogP contribution >= 0.6 is 11.6 Å². The van der Waals surface area contributed by atoms with E-state index >= 15 is 0 Å². The van der Waals surface area contributed by atoms with Crippen LogP contribution in [-0.2, 0) is 0 Å². The van der Waals surface area contributed by atoms with E-state index in [1.54, 1.807) is 13.0 Å². The van der Waals surface area contributed by atoms with Gasteiger partial charge in [-0.3, -0.25) is 4.79 Å². The monoisotopic (exact) mass is 356 g/mol. The summed E-state index contributed by atoms with van der Waals surface area (Å²) in [4.78, 5) is 19.6. The third-order valence-electron chi connectivity index (χ3n) is 4.11. The van der Waals surface area contributed by atoms with Crippen LogP contribution in [0.2, 0.25) is 5.02 Å². The molecule has 1 N–H and O–H groups in total. The number of rotatable bonds is 4. The SMILES string of the molecule is CCOc1cc(Cl)cc(-c2cc3c(=O)[nH]c(C)nc3cc2C(C)C)c1. The lowest BCUT2D eigenvalue weighted by Crippen LogP contribution is -2.10. The lowest BCUT2D eigenvalue weighted by Gasteiger charge is -2.16. The van der Waals surface area contributed by atoms with Crippen LogP contribution in [0.4, 0.5) is 0 Å². The number of nitrogens with one attached hydrogen (secondary N) is 1. The molecule has 0 radical (unpaired) electrons. The minimum Gasteiger partial charge on any atom is -0.494 e. The number of aromatic nitrogens is 2. The Morgan fingerprint density at radius 1 is 1.20 bits per heavy atom. The molecule has 1 heterocycles. The van der Waals surface area contributed by atoms with E-state index in [4.69, 9.17) is 16.3 Å². The molecule has 0 atom stereocenters. The van der Waals surface area contributed by atoms with Crippen LogP contribution in [-0.4, -0.2) is 16.6 Å². The van der Waals surface area contributed by atoms with E-state index in [0.717, 1.165) is 22.4 Å². The van der Waals surface area contributed by atoms with Gasteiger partial charge in [0, 0.05) is 5.02 Å². The molecule has 5 heteroatoms. The Morgan fingerprint density at radius 3 is 2.64 bits per heavy atom. The van der Waals surface area contributed by atoms with Crippen molar-refractivity contribution in [2.75, 3.05) is 6.61 Å². The molecule has 0 fully saturated rings. The van der Waals surface area contributed by atoms with Crippen LogP contribution < -0.4 is 10.3 Å². The van der Waals surface area contributed by atoms with Crippen LogP contribution in [0.15, 0.2) is 35.1 Å². The number of fused-ring (bicyclic) bond motifs is 1. The van der Waals surface area contributed by atoms with Crippen molar-refractivity contribution < 1.29 is 4.74 Å². The van der Waals surface area contributed by atoms with Crippen molar-refractivity contribution in [3.8, 4) is 16.9 Å². The van der Waals surface area contributed by atoms with Gasteiger partial charge in [-0.05, 0) is 66.8 Å². The molecule has 0 unspecified atom stereocenters. The fraction of sp³-hybridized carbons (Fsp3) is 0.300. The van der Waals surface area contributed by atoms with E-state index in [-0.39, 0.29) is 11.5 Å². The number of hydrogen-bond acceptors (Lipinski definition) is 3. The number of aromatic amines is 1. The third kappa shape index (κ3) is 3.54. The maximum atomic E-state index is 12.4. The lowest BCUT2D eigenvalue weighted by molar-refractivity contribution is 0.340. The van der Waals surface area contributed by atoms with Crippen molar-refractivity contribution in [2.45, 2.75) is 33.6 Å². The molecule has 0 bridgehead atoms. The first-order chi connectivity index (χ1) is 11.9. The maximum Gasteiger partial charge on any atom is 0.258 e. The van der Waals surface area contributed by atoms with Gasteiger partial charge >= 0.3 is 0 Å². The Labute approximate surface area is 151 Å². The molecule has 3 aromatic rings. The van der Waals surface area contributed by atoms with Crippen molar-refractivity contribution in [2.24, 2.45) is 0 Å².